The molecule has 0 aromatic heterocycles. The van der Waals surface area contributed by atoms with Crippen LogP contribution >= 0.6 is 0 Å². The molecule has 1 unspecified atom stereocenters. The molecular formula is C30H24N2O4. The van der Waals surface area contributed by atoms with Crippen LogP contribution in [0.25, 0.3) is 16.5 Å². The maximum Gasteiger partial charge on any atom is 0.282 e. The molecule has 0 radical (unpaired) electrons. The molecule has 4 aromatic carbocycles. The quantitative estimate of drug-likeness (QED) is 0.200. The normalized spacial score (nSPS) is 15.6. The molecule has 6 nitrogen and oxygen atoms in total. The van der Waals surface area contributed by atoms with Crippen LogP contribution in [0.2, 0.25) is 0 Å². The third-order valence-corrected chi connectivity index (χ3v) is 6.52. The monoisotopic (exact) mass is 476 g/mol. The molecule has 0 saturated carbocycles. The highest BCUT2D eigenvalue weighted by Gasteiger charge is 2.42. The first kappa shape index (κ1) is 23.1. The fourth-order valence-corrected chi connectivity index (χ4v) is 4.83. The van der Waals surface area contributed by atoms with Gasteiger partial charge in [-0.3, -0.25) is 14.9 Å². The number of ether oxygens (including phenoxy) is 1. The molecular weight excluding hydrogens is 452 g/mol. The molecule has 0 fully saturated rings. The van der Waals surface area contributed by atoms with E-state index in [-0.39, 0.29) is 16.4 Å². The van der Waals surface area contributed by atoms with Gasteiger partial charge in [0.05, 0.1) is 12.0 Å². The molecule has 0 spiro atoms. The number of carbonyl (C=O) groups is 1. The van der Waals surface area contributed by atoms with Crippen LogP contribution in [0.4, 0.5) is 0 Å². The van der Waals surface area contributed by atoms with E-state index in [0.717, 1.165) is 10.8 Å². The molecule has 1 aliphatic rings. The molecule has 0 saturated heterocycles. The minimum Gasteiger partial charge on any atom is -0.497 e. The maximum atomic E-state index is 14.2. The van der Waals surface area contributed by atoms with Gasteiger partial charge in [-0.1, -0.05) is 84.9 Å². The second-order valence-corrected chi connectivity index (χ2v) is 8.61. The minimum absolute atomic E-state index is 0.0689. The molecule has 178 valence electrons. The van der Waals surface area contributed by atoms with E-state index < -0.39 is 5.92 Å². The van der Waals surface area contributed by atoms with Crippen molar-refractivity contribution in [1.29, 1.82) is 0 Å². The second-order valence-electron chi connectivity index (χ2n) is 8.61. The van der Waals surface area contributed by atoms with Gasteiger partial charge in [0.25, 0.3) is 5.70 Å². The molecule has 36 heavy (non-hydrogen) atoms. The summed E-state index contributed by atoms with van der Waals surface area (Å²) >= 11 is 0. The minimum atomic E-state index is -0.881. The van der Waals surface area contributed by atoms with E-state index in [9.17, 15) is 14.9 Å². The average molecular weight is 477 g/mol. The first-order valence-corrected chi connectivity index (χ1v) is 11.6. The lowest BCUT2D eigenvalue weighted by atomic mass is 9.79. The van der Waals surface area contributed by atoms with E-state index in [1.807, 2.05) is 66.7 Å². The number of nitrogens with zero attached hydrogens (tertiary/aromatic N) is 1. The Labute approximate surface area is 208 Å². The van der Waals surface area contributed by atoms with Crippen molar-refractivity contribution in [2.45, 2.75) is 12.8 Å². The van der Waals surface area contributed by atoms with E-state index in [1.165, 1.54) is 0 Å². The average Bonchev–Trinajstić information content (AvgIpc) is 2.92. The van der Waals surface area contributed by atoms with E-state index in [4.69, 9.17) is 4.74 Å². The van der Waals surface area contributed by atoms with Gasteiger partial charge in [0.2, 0.25) is 0 Å². The Bertz CT molecular complexity index is 1530. The number of ketones is 1. The Morgan fingerprint density at radius 1 is 0.889 bits per heavy atom. The number of rotatable bonds is 6. The third-order valence-electron chi connectivity index (χ3n) is 6.52. The number of benzene rings is 4. The number of dihydropyridines is 1. The van der Waals surface area contributed by atoms with Crippen LogP contribution in [0.1, 0.15) is 34.3 Å². The Morgan fingerprint density at radius 3 is 2.25 bits per heavy atom. The third kappa shape index (κ3) is 4.03. The molecule has 1 atom stereocenters. The number of nitrogens with one attached hydrogen (secondary N) is 1. The Kier molecular flexibility index (Phi) is 6.09. The van der Waals surface area contributed by atoms with Crippen molar-refractivity contribution in [3.63, 3.8) is 0 Å². The number of methoxy groups -OCH3 is 1. The van der Waals surface area contributed by atoms with Gasteiger partial charge in [0, 0.05) is 22.4 Å². The van der Waals surface area contributed by atoms with Crippen LogP contribution in [-0.4, -0.2) is 17.8 Å². The van der Waals surface area contributed by atoms with Crippen LogP contribution < -0.4 is 10.1 Å². The van der Waals surface area contributed by atoms with Gasteiger partial charge < -0.3 is 10.1 Å². The van der Waals surface area contributed by atoms with Crippen molar-refractivity contribution in [1.82, 2.24) is 5.32 Å². The summed E-state index contributed by atoms with van der Waals surface area (Å²) in [5, 5.41) is 17.6. The summed E-state index contributed by atoms with van der Waals surface area (Å²) in [5.74, 6) is -0.497. The number of fused-ring (bicyclic) bond motifs is 1. The van der Waals surface area contributed by atoms with E-state index in [1.54, 1.807) is 44.4 Å². The highest BCUT2D eigenvalue weighted by molar-refractivity contribution is 6.17. The van der Waals surface area contributed by atoms with Crippen molar-refractivity contribution in [2.24, 2.45) is 0 Å². The van der Waals surface area contributed by atoms with Crippen molar-refractivity contribution in [3.05, 3.63) is 141 Å². The van der Waals surface area contributed by atoms with Gasteiger partial charge in [0.15, 0.2) is 5.78 Å². The fraction of sp³-hybridized carbons (Fsp3) is 0.100. The lowest BCUT2D eigenvalue weighted by Crippen LogP contribution is -2.31. The molecule has 1 heterocycles. The lowest BCUT2D eigenvalue weighted by Gasteiger charge is -2.28. The van der Waals surface area contributed by atoms with Crippen LogP contribution in [0.3, 0.4) is 0 Å². The van der Waals surface area contributed by atoms with Gasteiger partial charge in [-0.25, -0.2) is 0 Å². The maximum absolute atomic E-state index is 14.2. The summed E-state index contributed by atoms with van der Waals surface area (Å²) in [5.41, 5.74) is 3.07. The van der Waals surface area contributed by atoms with Crippen molar-refractivity contribution in [2.75, 3.05) is 7.11 Å². The van der Waals surface area contributed by atoms with Crippen molar-refractivity contribution < 1.29 is 14.5 Å². The SMILES string of the molecule is COc1ccc(C2C(C(=O)c3cccc4ccccc34)=C(C)NC(c3ccccc3)=C2[N+](=O)[O-])cc1. The fourth-order valence-electron chi connectivity index (χ4n) is 4.83. The zero-order valence-electron chi connectivity index (χ0n) is 19.9. The Morgan fingerprint density at radius 2 is 1.56 bits per heavy atom. The predicted molar refractivity (Wildman–Crippen MR) is 140 cm³/mol. The van der Waals surface area contributed by atoms with E-state index >= 15 is 0 Å². The number of Topliss-reactive ketones (excluding diaryl/α,β-unsaturated/α-hetero) is 1. The topological polar surface area (TPSA) is 81.5 Å². The largest absolute Gasteiger partial charge is 0.497 e. The molecule has 4 aromatic rings. The highest BCUT2D eigenvalue weighted by atomic mass is 16.6. The number of allylic oxidation sites excluding steroid dienone is 2. The van der Waals surface area contributed by atoms with Crippen LogP contribution in [0.5, 0.6) is 5.75 Å². The standard InChI is InChI=1S/C30H24N2O4/c1-19-26(30(33)25-14-8-12-20-9-6-7-13-24(20)25)27(21-15-17-23(36-2)18-16-21)29(32(34)35)28(31-19)22-10-4-3-5-11-22/h3-18,27,31H,1-2H3. The zero-order valence-corrected chi connectivity index (χ0v) is 19.9. The predicted octanol–water partition coefficient (Wildman–Crippen LogP) is 6.34. The molecule has 1 aliphatic heterocycles. The number of hydrogen-bond donors (Lipinski definition) is 1. The molecule has 0 amide bonds. The second kappa shape index (κ2) is 9.50. The van der Waals surface area contributed by atoms with Gasteiger partial charge in [-0.05, 0) is 35.4 Å². The summed E-state index contributed by atoms with van der Waals surface area (Å²) in [6.45, 7) is 1.80. The van der Waals surface area contributed by atoms with Crippen LogP contribution in [0, 0.1) is 10.1 Å². The summed E-state index contributed by atoms with van der Waals surface area (Å²) in [6.07, 6.45) is 0. The molecule has 0 aliphatic carbocycles. The van der Waals surface area contributed by atoms with Gasteiger partial charge in [0.1, 0.15) is 17.4 Å². The highest BCUT2D eigenvalue weighted by Crippen LogP contribution is 2.43. The van der Waals surface area contributed by atoms with Gasteiger partial charge >= 0.3 is 0 Å². The Hall–Kier alpha value is -4.71. The van der Waals surface area contributed by atoms with Crippen LogP contribution in [-0.2, 0) is 0 Å². The zero-order chi connectivity index (χ0) is 25.2. The smallest absolute Gasteiger partial charge is 0.282 e. The van der Waals surface area contributed by atoms with Crippen molar-refractivity contribution >= 4 is 22.3 Å². The molecule has 1 N–H and O–H groups in total. The first-order chi connectivity index (χ1) is 17.5. The number of carbonyl (C=O) groups excluding carboxylic acids is 1. The van der Waals surface area contributed by atoms with E-state index in [2.05, 4.69) is 5.32 Å². The summed E-state index contributed by atoms with van der Waals surface area (Å²) in [4.78, 5) is 26.4. The molecule has 6 heteroatoms. The van der Waals surface area contributed by atoms with Gasteiger partial charge in [-0.2, -0.15) is 0 Å². The number of hydrogen-bond acceptors (Lipinski definition) is 5. The summed E-state index contributed by atoms with van der Waals surface area (Å²) in [7, 11) is 1.56. The van der Waals surface area contributed by atoms with E-state index in [0.29, 0.717) is 39.4 Å². The summed E-state index contributed by atoms with van der Waals surface area (Å²) < 4.78 is 5.30. The van der Waals surface area contributed by atoms with Gasteiger partial charge in [-0.15, -0.1) is 0 Å². The molecule has 0 bridgehead atoms. The number of nitro groups is 1. The summed E-state index contributed by atoms with van der Waals surface area (Å²) in [6, 6.07) is 29.5. The van der Waals surface area contributed by atoms with Crippen molar-refractivity contribution in [3.8, 4) is 5.75 Å². The first-order valence-electron chi connectivity index (χ1n) is 11.6. The molecule has 5 rings (SSSR count). The Balaban J connectivity index is 1.75. The lowest BCUT2D eigenvalue weighted by molar-refractivity contribution is -0.428. The van der Waals surface area contributed by atoms with Crippen LogP contribution in [0.15, 0.2) is 114 Å².